The molecule has 0 fully saturated rings. The van der Waals surface area contributed by atoms with E-state index in [0.29, 0.717) is 0 Å². The number of aromatic nitrogens is 4. The van der Waals surface area contributed by atoms with Gasteiger partial charge in [-0.3, -0.25) is 0 Å². The number of benzene rings is 2. The van der Waals surface area contributed by atoms with E-state index in [4.69, 9.17) is 19.9 Å². The Labute approximate surface area is 377 Å². The molecule has 0 saturated carbocycles. The van der Waals surface area contributed by atoms with E-state index in [1.54, 1.807) is 0 Å². The quantitative estimate of drug-likeness (QED) is 0.0928. The molecule has 4 nitrogen and oxygen atoms in total. The van der Waals surface area contributed by atoms with Crippen molar-refractivity contribution in [1.82, 2.24) is 19.9 Å². The van der Waals surface area contributed by atoms with Crippen molar-refractivity contribution in [3.8, 4) is 22.3 Å². The maximum Gasteiger partial charge on any atom is 2.00 e. The Morgan fingerprint density at radius 2 is 0.672 bits per heavy atom. The zero-order valence-electron chi connectivity index (χ0n) is 38.8. The summed E-state index contributed by atoms with van der Waals surface area (Å²) in [5, 5.41) is 0. The van der Waals surface area contributed by atoms with Gasteiger partial charge < -0.3 is 9.97 Å². The van der Waals surface area contributed by atoms with Crippen LogP contribution in [0.15, 0.2) is 60.7 Å². The zero-order valence-corrected chi connectivity index (χ0v) is 39.8. The largest absolute Gasteiger partial charge is 2.00 e. The van der Waals surface area contributed by atoms with Crippen molar-refractivity contribution in [2.75, 3.05) is 0 Å². The minimum absolute atomic E-state index is 0. The van der Waals surface area contributed by atoms with Gasteiger partial charge in [-0.05, 0) is 133 Å². The molecule has 0 saturated heterocycles. The zero-order chi connectivity index (χ0) is 42.5. The van der Waals surface area contributed by atoms with Crippen molar-refractivity contribution >= 4 is 44.4 Å². The van der Waals surface area contributed by atoms with Gasteiger partial charge in [0.2, 0.25) is 0 Å². The fourth-order valence-electron chi connectivity index (χ4n) is 10.4. The molecule has 0 unspecified atom stereocenters. The van der Waals surface area contributed by atoms with Crippen molar-refractivity contribution in [2.24, 2.45) is 0 Å². The summed E-state index contributed by atoms with van der Waals surface area (Å²) in [6.45, 7) is 23.2. The predicted molar refractivity (Wildman–Crippen MR) is 259 cm³/mol. The molecule has 8 bridgehead atoms. The molecule has 3 aromatic heterocycles. The van der Waals surface area contributed by atoms with E-state index in [1.807, 2.05) is 0 Å². The van der Waals surface area contributed by atoms with Crippen LogP contribution in [0.25, 0.3) is 66.6 Å². The van der Waals surface area contributed by atoms with E-state index in [1.165, 1.54) is 77.8 Å². The van der Waals surface area contributed by atoms with E-state index in [9.17, 15) is 0 Å². The van der Waals surface area contributed by atoms with Gasteiger partial charge in [0.25, 0.3) is 0 Å². The number of allylic oxidation sites excluding steroid dienone is 4. The molecule has 2 aliphatic rings. The van der Waals surface area contributed by atoms with Crippen LogP contribution < -0.4 is 9.97 Å². The number of hydrogen-bond acceptors (Lipinski definition) is 2. The van der Waals surface area contributed by atoms with Crippen molar-refractivity contribution in [1.29, 1.82) is 0 Å². The fraction of sp³-hybridized carbons (Fsp3) is 0.429. The average Bonchev–Trinajstić information content (AvgIpc) is 4.05. The van der Waals surface area contributed by atoms with E-state index in [2.05, 4.69) is 130 Å². The summed E-state index contributed by atoms with van der Waals surface area (Å²) in [5.74, 6) is 0. The first-order valence-electron chi connectivity index (χ1n) is 23.7. The van der Waals surface area contributed by atoms with Crippen LogP contribution >= 0.6 is 0 Å². The number of nitrogens with zero attached hydrogens (tertiary/aromatic N) is 4. The minimum Gasteiger partial charge on any atom is -0.657 e. The summed E-state index contributed by atoms with van der Waals surface area (Å²) in [4.78, 5) is 23.7. The van der Waals surface area contributed by atoms with Gasteiger partial charge in [0.05, 0.1) is 22.8 Å². The van der Waals surface area contributed by atoms with E-state index in [0.717, 1.165) is 135 Å². The third kappa shape index (κ3) is 8.17. The molecule has 322 valence electrons. The normalized spacial score (nSPS) is 12.8. The Kier molecular flexibility index (Phi) is 15.6. The van der Waals surface area contributed by atoms with Crippen molar-refractivity contribution in [3.63, 3.8) is 0 Å². The molecule has 5 heteroatoms. The number of fused-ring (bicyclic) bond motifs is 8. The van der Waals surface area contributed by atoms with Gasteiger partial charge in [0.1, 0.15) is 0 Å². The van der Waals surface area contributed by atoms with E-state index in [-0.39, 0.29) is 16.5 Å². The van der Waals surface area contributed by atoms with Gasteiger partial charge in [-0.2, -0.15) is 0 Å². The van der Waals surface area contributed by atoms with E-state index < -0.39 is 0 Å². The Morgan fingerprint density at radius 3 is 0.984 bits per heavy atom. The summed E-state index contributed by atoms with van der Waals surface area (Å²) in [6, 6.07) is 22.0. The van der Waals surface area contributed by atoms with Gasteiger partial charge in [0, 0.05) is 0 Å². The van der Waals surface area contributed by atoms with Crippen LogP contribution in [-0.4, -0.2) is 9.97 Å². The first-order valence-corrected chi connectivity index (χ1v) is 23.7. The topological polar surface area (TPSA) is 54.0 Å². The van der Waals surface area contributed by atoms with Crippen LogP contribution in [0.5, 0.6) is 0 Å². The summed E-state index contributed by atoms with van der Waals surface area (Å²) < 4.78 is 0. The maximum absolute atomic E-state index is 5.95. The van der Waals surface area contributed by atoms with Gasteiger partial charge in [-0.15, -0.1) is 22.1 Å². The molecule has 2 aromatic carbocycles. The smallest absolute Gasteiger partial charge is 0.657 e. The fourth-order valence-corrected chi connectivity index (χ4v) is 10.4. The molecular weight excluding hydrogens is 787 g/mol. The Balaban J connectivity index is 0.00000622. The monoisotopic (exact) mass is 854 g/mol. The van der Waals surface area contributed by atoms with E-state index >= 15 is 0 Å². The Hall–Kier alpha value is -4.47. The summed E-state index contributed by atoms with van der Waals surface area (Å²) >= 11 is 0. The van der Waals surface area contributed by atoms with Crippen LogP contribution in [0.3, 0.4) is 0 Å². The molecule has 0 aliphatic carbocycles. The van der Waals surface area contributed by atoms with Gasteiger partial charge >= 0.3 is 16.5 Å². The third-order valence-electron chi connectivity index (χ3n) is 13.2. The first-order chi connectivity index (χ1) is 29.4. The predicted octanol–water partition coefficient (Wildman–Crippen LogP) is 15.3. The SMILES string of the molecule is CCCCc1c2nc(c(-c3ccccc3)c3[n-]c(c(CC)c3CC)c(-c3ccccc3)c3nc(c(CCCC)c4[n-]c1c(CC)c4CC)C(CC)=C3CC)C(CC)=C2CC.[Ni+2]. The number of rotatable bonds is 16. The maximum atomic E-state index is 5.95. The van der Waals surface area contributed by atoms with Gasteiger partial charge in [-0.25, -0.2) is 9.97 Å². The molecule has 0 spiro atoms. The molecule has 0 radical (unpaired) electrons. The molecule has 0 atom stereocenters. The van der Waals surface area contributed by atoms with Crippen molar-refractivity contribution < 1.29 is 16.5 Å². The number of aryl methyl sites for hydroxylation is 6. The Bertz CT molecular complexity index is 2410. The van der Waals surface area contributed by atoms with Crippen LogP contribution in [0.4, 0.5) is 0 Å². The number of unbranched alkanes of at least 4 members (excludes halogenated alkanes) is 2. The minimum atomic E-state index is 0. The molecule has 0 amide bonds. The van der Waals surface area contributed by atoms with Crippen molar-refractivity contribution in [3.05, 3.63) is 117 Å². The molecular formula is C56H68N4Ni. The second-order valence-electron chi connectivity index (χ2n) is 16.5. The molecule has 7 rings (SSSR count). The molecule has 5 heterocycles. The van der Waals surface area contributed by atoms with Crippen LogP contribution in [-0.2, 0) is 55.0 Å². The Morgan fingerprint density at radius 1 is 0.361 bits per heavy atom. The second-order valence-corrected chi connectivity index (χ2v) is 16.5. The van der Waals surface area contributed by atoms with Gasteiger partial charge in [0.15, 0.2) is 0 Å². The number of hydrogen-bond donors (Lipinski definition) is 0. The summed E-state index contributed by atoms with van der Waals surface area (Å²) in [5.41, 5.74) is 27.1. The van der Waals surface area contributed by atoms with Gasteiger partial charge in [-0.1, -0.05) is 165 Å². The van der Waals surface area contributed by atoms with Crippen LogP contribution in [0.2, 0.25) is 0 Å². The van der Waals surface area contributed by atoms with Crippen LogP contribution in [0.1, 0.15) is 177 Å². The molecule has 5 aromatic rings. The summed E-state index contributed by atoms with van der Waals surface area (Å²) in [7, 11) is 0. The third-order valence-corrected chi connectivity index (χ3v) is 13.2. The van der Waals surface area contributed by atoms with Crippen molar-refractivity contribution in [2.45, 2.75) is 159 Å². The molecule has 61 heavy (non-hydrogen) atoms. The molecule has 2 aliphatic heterocycles. The average molecular weight is 856 g/mol. The molecule has 0 N–H and O–H groups in total. The standard InChI is InChI=1S/C56H68N4.Ni/c1-11-21-33-45-49-37(13-3)38(14-4)50(57-49)46(34-22-12-2)52-40(16-6)42(18-8)54(59-52)48(36-31-27-24-28-32-36)56-44(20-10)43(19-9)55(60-56)47(35-29-25-23-26-30-35)53-41(17-7)39(15-5)51(45)58-53;/h23-32H,11-22,33-34H2,1-10H3;/q-2;+2. The second kappa shape index (κ2) is 20.6. The first kappa shape index (κ1) is 46.0. The summed E-state index contributed by atoms with van der Waals surface area (Å²) in [6.07, 6.45) is 13.6. The van der Waals surface area contributed by atoms with Crippen LogP contribution in [0, 0.1) is 0 Å².